The standard InChI is InChI=1S/C20H11BrN2O3/c21-14-5-1-4-13(10-14)12-23-20-15(11-22)18(16-6-2-8-24-16)19(26-20)17-7-3-9-25-17/h1-10,12H. The molecule has 0 saturated heterocycles. The summed E-state index contributed by atoms with van der Waals surface area (Å²) in [4.78, 5) is 4.37. The zero-order chi connectivity index (χ0) is 17.9. The molecule has 0 atom stereocenters. The van der Waals surface area contributed by atoms with Crippen molar-refractivity contribution < 1.29 is 13.3 Å². The predicted octanol–water partition coefficient (Wildman–Crippen LogP) is 6.18. The van der Waals surface area contributed by atoms with Gasteiger partial charge in [0, 0.05) is 10.7 Å². The lowest BCUT2D eigenvalue weighted by Gasteiger charge is -1.96. The first-order valence-corrected chi connectivity index (χ1v) is 8.50. The van der Waals surface area contributed by atoms with E-state index in [0.717, 1.165) is 10.0 Å². The predicted molar refractivity (Wildman–Crippen MR) is 100 cm³/mol. The molecule has 0 aliphatic rings. The van der Waals surface area contributed by atoms with Gasteiger partial charge >= 0.3 is 0 Å². The molecule has 0 radical (unpaired) electrons. The third-order valence-electron chi connectivity index (χ3n) is 3.69. The van der Waals surface area contributed by atoms with Crippen LogP contribution in [0.4, 0.5) is 5.88 Å². The minimum atomic E-state index is 0.199. The van der Waals surface area contributed by atoms with Gasteiger partial charge in [-0.15, -0.1) is 0 Å². The molecule has 3 heterocycles. The van der Waals surface area contributed by atoms with E-state index in [1.54, 1.807) is 43.0 Å². The Kier molecular flexibility index (Phi) is 4.30. The Morgan fingerprint density at radius 3 is 2.42 bits per heavy atom. The highest BCUT2D eigenvalue weighted by Crippen LogP contribution is 2.42. The van der Waals surface area contributed by atoms with E-state index in [1.165, 1.54) is 0 Å². The Labute approximate surface area is 157 Å². The fourth-order valence-corrected chi connectivity index (χ4v) is 2.99. The Balaban J connectivity index is 1.86. The lowest BCUT2D eigenvalue weighted by Crippen LogP contribution is -1.81. The second kappa shape index (κ2) is 6.90. The summed E-state index contributed by atoms with van der Waals surface area (Å²) in [5.41, 5.74) is 1.69. The number of hydrogen-bond acceptors (Lipinski definition) is 5. The van der Waals surface area contributed by atoms with E-state index in [2.05, 4.69) is 27.0 Å². The highest BCUT2D eigenvalue weighted by molar-refractivity contribution is 9.10. The summed E-state index contributed by atoms with van der Waals surface area (Å²) in [5, 5.41) is 9.69. The third kappa shape index (κ3) is 3.01. The molecular weight excluding hydrogens is 396 g/mol. The van der Waals surface area contributed by atoms with Crippen molar-refractivity contribution in [2.75, 3.05) is 0 Å². The molecular formula is C20H11BrN2O3. The second-order valence-corrected chi connectivity index (χ2v) is 6.28. The van der Waals surface area contributed by atoms with Gasteiger partial charge in [-0.3, -0.25) is 0 Å². The van der Waals surface area contributed by atoms with Crippen LogP contribution in [0.25, 0.3) is 22.8 Å². The van der Waals surface area contributed by atoms with Gasteiger partial charge < -0.3 is 13.3 Å². The van der Waals surface area contributed by atoms with E-state index in [-0.39, 0.29) is 11.4 Å². The molecule has 0 aliphatic heterocycles. The molecule has 3 aromatic heterocycles. The first-order valence-electron chi connectivity index (χ1n) is 7.70. The summed E-state index contributed by atoms with van der Waals surface area (Å²) >= 11 is 3.42. The van der Waals surface area contributed by atoms with Crippen molar-refractivity contribution in [1.82, 2.24) is 0 Å². The summed E-state index contributed by atoms with van der Waals surface area (Å²) in [7, 11) is 0. The van der Waals surface area contributed by atoms with Crippen LogP contribution in [-0.2, 0) is 0 Å². The molecule has 126 valence electrons. The zero-order valence-corrected chi connectivity index (χ0v) is 14.9. The maximum atomic E-state index is 9.69. The van der Waals surface area contributed by atoms with Crippen LogP contribution in [0.1, 0.15) is 11.1 Å². The van der Waals surface area contributed by atoms with E-state index < -0.39 is 0 Å². The maximum Gasteiger partial charge on any atom is 0.238 e. The van der Waals surface area contributed by atoms with Gasteiger partial charge in [0.1, 0.15) is 17.4 Å². The number of furan rings is 3. The number of nitriles is 1. The Hall–Kier alpha value is -3.30. The number of aliphatic imine (C=N–C) groups is 1. The molecule has 6 heteroatoms. The van der Waals surface area contributed by atoms with Crippen molar-refractivity contribution in [2.24, 2.45) is 4.99 Å². The van der Waals surface area contributed by atoms with Gasteiger partial charge in [-0.2, -0.15) is 5.26 Å². The van der Waals surface area contributed by atoms with Crippen LogP contribution in [0.15, 0.2) is 83.8 Å². The summed E-state index contributed by atoms with van der Waals surface area (Å²) < 4.78 is 17.7. The third-order valence-corrected chi connectivity index (χ3v) is 4.19. The number of hydrogen-bond donors (Lipinski definition) is 0. The van der Waals surface area contributed by atoms with Crippen molar-refractivity contribution in [3.8, 4) is 28.9 Å². The molecule has 4 rings (SSSR count). The van der Waals surface area contributed by atoms with E-state index in [0.29, 0.717) is 22.8 Å². The fraction of sp³-hybridized carbons (Fsp3) is 0. The van der Waals surface area contributed by atoms with Crippen molar-refractivity contribution in [2.45, 2.75) is 0 Å². The highest BCUT2D eigenvalue weighted by Gasteiger charge is 2.25. The molecule has 0 fully saturated rings. The van der Waals surface area contributed by atoms with Gasteiger partial charge in [0.2, 0.25) is 5.88 Å². The Morgan fingerprint density at radius 2 is 1.77 bits per heavy atom. The first kappa shape index (κ1) is 16.2. The Bertz CT molecular complexity index is 1100. The molecule has 0 unspecified atom stereocenters. The minimum absolute atomic E-state index is 0.199. The van der Waals surface area contributed by atoms with Crippen molar-refractivity contribution in [3.05, 3.63) is 76.7 Å². The van der Waals surface area contributed by atoms with E-state index in [1.807, 2.05) is 24.3 Å². The van der Waals surface area contributed by atoms with Gasteiger partial charge in [0.15, 0.2) is 11.5 Å². The molecule has 5 nitrogen and oxygen atoms in total. The highest BCUT2D eigenvalue weighted by atomic mass is 79.9. The van der Waals surface area contributed by atoms with Crippen LogP contribution < -0.4 is 0 Å². The van der Waals surface area contributed by atoms with Crippen LogP contribution in [-0.4, -0.2) is 6.21 Å². The molecule has 4 aromatic rings. The van der Waals surface area contributed by atoms with E-state index in [4.69, 9.17) is 13.3 Å². The van der Waals surface area contributed by atoms with Crippen LogP contribution in [0.3, 0.4) is 0 Å². The van der Waals surface area contributed by atoms with Crippen molar-refractivity contribution in [3.63, 3.8) is 0 Å². The summed E-state index contributed by atoms with van der Waals surface area (Å²) in [6, 6.07) is 16.8. The minimum Gasteiger partial charge on any atom is -0.464 e. The smallest absolute Gasteiger partial charge is 0.238 e. The molecule has 0 saturated carbocycles. The number of benzene rings is 1. The normalized spacial score (nSPS) is 11.1. The largest absolute Gasteiger partial charge is 0.464 e. The quantitative estimate of drug-likeness (QED) is 0.378. The average Bonchev–Trinajstić information content (AvgIpc) is 3.39. The summed E-state index contributed by atoms with van der Waals surface area (Å²) in [6.45, 7) is 0. The molecule has 0 bridgehead atoms. The zero-order valence-electron chi connectivity index (χ0n) is 13.3. The maximum absolute atomic E-state index is 9.69. The molecule has 0 spiro atoms. The Morgan fingerprint density at radius 1 is 1.00 bits per heavy atom. The number of rotatable bonds is 4. The second-order valence-electron chi connectivity index (χ2n) is 5.37. The van der Waals surface area contributed by atoms with Crippen LogP contribution in [0.2, 0.25) is 0 Å². The molecule has 26 heavy (non-hydrogen) atoms. The van der Waals surface area contributed by atoms with Crippen molar-refractivity contribution >= 4 is 28.0 Å². The topological polar surface area (TPSA) is 75.6 Å². The SMILES string of the molecule is N#Cc1c(N=Cc2cccc(Br)c2)oc(-c2ccco2)c1-c1ccco1. The van der Waals surface area contributed by atoms with E-state index >= 15 is 0 Å². The van der Waals surface area contributed by atoms with Gasteiger partial charge in [-0.25, -0.2) is 4.99 Å². The van der Waals surface area contributed by atoms with Crippen LogP contribution in [0.5, 0.6) is 0 Å². The molecule has 0 amide bonds. The van der Waals surface area contributed by atoms with Gasteiger partial charge in [0.05, 0.1) is 18.1 Å². The van der Waals surface area contributed by atoms with Gasteiger partial charge in [-0.05, 0) is 42.0 Å². The average molecular weight is 407 g/mol. The lowest BCUT2D eigenvalue weighted by atomic mass is 10.1. The fourth-order valence-electron chi connectivity index (χ4n) is 2.57. The van der Waals surface area contributed by atoms with Crippen LogP contribution >= 0.6 is 15.9 Å². The number of nitrogens with zero attached hydrogens (tertiary/aromatic N) is 2. The molecule has 0 aliphatic carbocycles. The lowest BCUT2D eigenvalue weighted by molar-refractivity contribution is 0.527. The van der Waals surface area contributed by atoms with Crippen LogP contribution in [0, 0.1) is 11.3 Å². The van der Waals surface area contributed by atoms with E-state index in [9.17, 15) is 5.26 Å². The first-order chi connectivity index (χ1) is 12.8. The number of halogens is 1. The monoisotopic (exact) mass is 406 g/mol. The van der Waals surface area contributed by atoms with Crippen molar-refractivity contribution in [1.29, 1.82) is 5.26 Å². The molecule has 0 N–H and O–H groups in total. The summed E-state index contributed by atoms with van der Waals surface area (Å²) in [6.07, 6.45) is 4.72. The summed E-state index contributed by atoms with van der Waals surface area (Å²) in [5.74, 6) is 1.62. The van der Waals surface area contributed by atoms with Gasteiger partial charge in [0.25, 0.3) is 0 Å². The van der Waals surface area contributed by atoms with Gasteiger partial charge in [-0.1, -0.05) is 28.1 Å². The molecule has 1 aromatic carbocycles.